The second-order valence-corrected chi connectivity index (χ2v) is 5.47. The summed E-state index contributed by atoms with van der Waals surface area (Å²) >= 11 is 0. The highest BCUT2D eigenvalue weighted by atomic mass is 16.2. The van der Waals surface area contributed by atoms with Crippen molar-refractivity contribution in [1.29, 1.82) is 0 Å². The fraction of sp³-hybridized carbons (Fsp3) is 0.0556. The van der Waals surface area contributed by atoms with E-state index in [1.807, 2.05) is 54.7 Å². The molecule has 3 N–H and O–H groups in total. The number of hydrogen-bond donors (Lipinski definition) is 2. The number of rotatable bonds is 2. The third-order valence-electron chi connectivity index (χ3n) is 3.96. The summed E-state index contributed by atoms with van der Waals surface area (Å²) in [5.74, 6) is 0.0506. The van der Waals surface area contributed by atoms with Crippen LogP contribution in [0.15, 0.2) is 60.9 Å². The highest BCUT2D eigenvalue weighted by Gasteiger charge is 2.10. The van der Waals surface area contributed by atoms with Gasteiger partial charge in [0.05, 0.1) is 11.9 Å². The molecule has 4 nitrogen and oxygen atoms in total. The number of fused-ring (bicyclic) bond motifs is 2. The lowest BCUT2D eigenvalue weighted by atomic mass is 10.1. The summed E-state index contributed by atoms with van der Waals surface area (Å²) in [4.78, 5) is 15.7. The minimum Gasteiger partial charge on any atom is -0.399 e. The van der Waals surface area contributed by atoms with E-state index in [0.717, 1.165) is 27.4 Å². The van der Waals surface area contributed by atoms with E-state index >= 15 is 0 Å². The summed E-state index contributed by atoms with van der Waals surface area (Å²) < 4.78 is 1.69. The van der Waals surface area contributed by atoms with Gasteiger partial charge in [-0.2, -0.15) is 0 Å². The maximum Gasteiger partial charge on any atom is 0.235 e. The number of carbonyl (C=O) groups is 1. The topological polar surface area (TPSA) is 63.8 Å². The molecule has 0 radical (unpaired) electrons. The molecule has 4 heteroatoms. The number of benzene rings is 2. The quantitative estimate of drug-likeness (QED) is 0.554. The summed E-state index contributed by atoms with van der Waals surface area (Å²) in [5.41, 5.74) is 9.46. The summed E-state index contributed by atoms with van der Waals surface area (Å²) in [6, 6.07) is 15.6. The van der Waals surface area contributed by atoms with Crippen molar-refractivity contribution in [1.82, 2.24) is 9.55 Å². The van der Waals surface area contributed by atoms with Crippen LogP contribution in [0.5, 0.6) is 0 Å². The third kappa shape index (κ3) is 2.05. The van der Waals surface area contributed by atoms with Gasteiger partial charge in [-0.1, -0.05) is 6.07 Å². The van der Waals surface area contributed by atoms with Crippen molar-refractivity contribution >= 4 is 33.4 Å². The number of H-pyrrole nitrogens is 1. The number of nitrogens with zero attached hydrogens (tertiary/aromatic N) is 1. The first-order valence-corrected chi connectivity index (χ1v) is 7.16. The molecule has 0 bridgehead atoms. The molecule has 0 amide bonds. The number of nitrogens with one attached hydrogen (secondary N) is 1. The number of anilines is 1. The highest BCUT2D eigenvalue weighted by Crippen LogP contribution is 2.20. The van der Waals surface area contributed by atoms with Gasteiger partial charge in [-0.05, 0) is 53.4 Å². The van der Waals surface area contributed by atoms with E-state index in [1.165, 1.54) is 0 Å². The normalized spacial score (nSPS) is 11.3. The molecule has 0 fully saturated rings. The van der Waals surface area contributed by atoms with Crippen LogP contribution in [0.1, 0.15) is 10.4 Å². The van der Waals surface area contributed by atoms with Gasteiger partial charge in [-0.25, -0.2) is 0 Å². The van der Waals surface area contributed by atoms with Crippen molar-refractivity contribution < 1.29 is 4.79 Å². The van der Waals surface area contributed by atoms with Crippen LogP contribution in [-0.2, 0) is 6.42 Å². The fourth-order valence-electron chi connectivity index (χ4n) is 2.85. The van der Waals surface area contributed by atoms with Gasteiger partial charge in [0, 0.05) is 29.0 Å². The van der Waals surface area contributed by atoms with E-state index in [4.69, 9.17) is 5.73 Å². The van der Waals surface area contributed by atoms with Crippen LogP contribution in [0, 0.1) is 0 Å². The van der Waals surface area contributed by atoms with Crippen LogP contribution in [0.25, 0.3) is 21.8 Å². The molecule has 2 aromatic carbocycles. The lowest BCUT2D eigenvalue weighted by molar-refractivity contribution is 0.0919. The first-order valence-electron chi connectivity index (χ1n) is 7.16. The minimum absolute atomic E-state index is 0.0506. The molecule has 4 rings (SSSR count). The van der Waals surface area contributed by atoms with E-state index in [1.54, 1.807) is 10.8 Å². The average Bonchev–Trinajstić information content (AvgIpc) is 3.12. The molecule has 0 saturated carbocycles. The van der Waals surface area contributed by atoms with Gasteiger partial charge in [0.1, 0.15) is 0 Å². The molecule has 0 aliphatic rings. The first-order chi connectivity index (χ1) is 10.7. The summed E-state index contributed by atoms with van der Waals surface area (Å²) in [6.45, 7) is 0. The average molecular weight is 289 g/mol. The van der Waals surface area contributed by atoms with Gasteiger partial charge >= 0.3 is 0 Å². The highest BCUT2D eigenvalue weighted by molar-refractivity contribution is 5.95. The Morgan fingerprint density at radius 1 is 1.05 bits per heavy atom. The summed E-state index contributed by atoms with van der Waals surface area (Å²) in [7, 11) is 0. The molecule has 4 aromatic rings. The minimum atomic E-state index is 0.0506. The molecule has 108 valence electrons. The number of nitrogen functional groups attached to an aromatic ring is 1. The fourth-order valence-corrected chi connectivity index (χ4v) is 2.85. The first kappa shape index (κ1) is 12.7. The second kappa shape index (κ2) is 4.77. The summed E-state index contributed by atoms with van der Waals surface area (Å²) in [6.07, 6.45) is 4.08. The van der Waals surface area contributed by atoms with Crippen molar-refractivity contribution in [3.8, 4) is 0 Å². The van der Waals surface area contributed by atoms with Gasteiger partial charge in [-0.15, -0.1) is 0 Å². The van der Waals surface area contributed by atoms with E-state index < -0.39 is 0 Å². The maximum absolute atomic E-state index is 12.6. The number of carbonyl (C=O) groups excluding carboxylic acids is 1. The van der Waals surface area contributed by atoms with Crippen LogP contribution < -0.4 is 5.73 Å². The Morgan fingerprint density at radius 3 is 2.86 bits per heavy atom. The van der Waals surface area contributed by atoms with E-state index in [0.29, 0.717) is 12.1 Å². The maximum atomic E-state index is 12.6. The largest absolute Gasteiger partial charge is 0.399 e. The van der Waals surface area contributed by atoms with Crippen molar-refractivity contribution in [2.75, 3.05) is 5.73 Å². The van der Waals surface area contributed by atoms with Gasteiger partial charge < -0.3 is 10.7 Å². The van der Waals surface area contributed by atoms with E-state index in [9.17, 15) is 4.79 Å². The van der Waals surface area contributed by atoms with Crippen LogP contribution in [-0.4, -0.2) is 15.5 Å². The zero-order chi connectivity index (χ0) is 15.1. The third-order valence-corrected chi connectivity index (χ3v) is 3.96. The predicted octanol–water partition coefficient (Wildman–Crippen LogP) is 3.59. The molecule has 2 aromatic heterocycles. The molecule has 0 saturated heterocycles. The molecule has 0 atom stereocenters. The van der Waals surface area contributed by atoms with Crippen molar-refractivity contribution in [2.45, 2.75) is 6.42 Å². The summed E-state index contributed by atoms with van der Waals surface area (Å²) in [5, 5.41) is 2.10. The number of aromatic amines is 1. The Balaban J connectivity index is 1.68. The standard InChI is InChI=1S/C18H15N3O/c19-15-2-4-17-14(11-15)6-8-21(17)18(22)10-12-1-3-16-13(9-12)5-7-20-16/h1-9,11,20H,10,19H2. The Hall–Kier alpha value is -3.01. The molecule has 2 heterocycles. The molecular formula is C18H15N3O. The molecule has 0 spiro atoms. The van der Waals surface area contributed by atoms with Crippen LogP contribution in [0.2, 0.25) is 0 Å². The zero-order valence-corrected chi connectivity index (χ0v) is 11.9. The zero-order valence-electron chi connectivity index (χ0n) is 11.9. The van der Waals surface area contributed by atoms with Gasteiger partial charge in [0.15, 0.2) is 0 Å². The van der Waals surface area contributed by atoms with Crippen LogP contribution in [0.4, 0.5) is 5.69 Å². The lowest BCUT2D eigenvalue weighted by Gasteiger charge is -2.05. The van der Waals surface area contributed by atoms with Gasteiger partial charge in [0.25, 0.3) is 0 Å². The number of nitrogens with two attached hydrogens (primary N) is 1. The number of hydrogen-bond acceptors (Lipinski definition) is 2. The SMILES string of the molecule is Nc1ccc2c(ccn2C(=O)Cc2ccc3[nH]ccc3c2)c1. The van der Waals surface area contributed by atoms with Gasteiger partial charge in [-0.3, -0.25) is 9.36 Å². The van der Waals surface area contributed by atoms with Crippen molar-refractivity contribution in [3.63, 3.8) is 0 Å². The Bertz CT molecular complexity index is 994. The molecule has 0 unspecified atom stereocenters. The lowest BCUT2D eigenvalue weighted by Crippen LogP contribution is -2.12. The smallest absolute Gasteiger partial charge is 0.235 e. The second-order valence-electron chi connectivity index (χ2n) is 5.47. The monoisotopic (exact) mass is 289 g/mol. The molecule has 0 aliphatic carbocycles. The van der Waals surface area contributed by atoms with Crippen LogP contribution >= 0.6 is 0 Å². The van der Waals surface area contributed by atoms with E-state index in [2.05, 4.69) is 4.98 Å². The van der Waals surface area contributed by atoms with Crippen molar-refractivity contribution in [3.05, 3.63) is 66.5 Å². The Morgan fingerprint density at radius 2 is 1.95 bits per heavy atom. The predicted molar refractivity (Wildman–Crippen MR) is 89.0 cm³/mol. The van der Waals surface area contributed by atoms with Gasteiger partial charge in [0.2, 0.25) is 5.91 Å². The Kier molecular flexibility index (Phi) is 2.76. The van der Waals surface area contributed by atoms with Crippen molar-refractivity contribution in [2.24, 2.45) is 0 Å². The van der Waals surface area contributed by atoms with Crippen LogP contribution in [0.3, 0.4) is 0 Å². The van der Waals surface area contributed by atoms with E-state index in [-0.39, 0.29) is 5.91 Å². The molecule has 22 heavy (non-hydrogen) atoms. The molecular weight excluding hydrogens is 274 g/mol. The molecule has 0 aliphatic heterocycles. The Labute approximate surface area is 127 Å². The number of aromatic nitrogens is 2.